The molecule has 1 rings (SSSR count). The first-order chi connectivity index (χ1) is 5.36. The van der Waals surface area contributed by atoms with Gasteiger partial charge in [0.1, 0.15) is 9.84 Å². The molecule has 1 fully saturated rings. The zero-order chi connectivity index (χ0) is 9.41. The molecule has 0 N–H and O–H groups in total. The quantitative estimate of drug-likeness (QED) is 0.675. The van der Waals surface area contributed by atoms with Crippen LogP contribution >= 0.6 is 0 Å². The molecule has 0 radical (unpaired) electrons. The van der Waals surface area contributed by atoms with E-state index in [1.807, 2.05) is 0 Å². The molecule has 0 aliphatic carbocycles. The van der Waals surface area contributed by atoms with Gasteiger partial charge >= 0.3 is 0 Å². The second-order valence-electron chi connectivity index (χ2n) is 4.13. The fraction of sp³-hybridized carbons (Fsp3) is 1.00. The van der Waals surface area contributed by atoms with E-state index in [0.29, 0.717) is 11.7 Å². The average Bonchev–Trinajstić information content (AvgIpc) is 1.75. The first-order valence-corrected chi connectivity index (χ1v) is 6.23. The predicted molar refractivity (Wildman–Crippen MR) is 50.1 cm³/mol. The number of nitrogens with zero attached hydrogens (tertiary/aromatic N) is 1. The summed E-state index contributed by atoms with van der Waals surface area (Å²) in [4.78, 5) is 0. The van der Waals surface area contributed by atoms with Gasteiger partial charge in [0.05, 0.1) is 5.75 Å². The average molecular weight is 428 g/mol. The third kappa shape index (κ3) is 3.54. The van der Waals surface area contributed by atoms with Gasteiger partial charge in [-0.05, 0) is 5.92 Å². The van der Waals surface area contributed by atoms with Crippen molar-refractivity contribution in [2.45, 2.75) is 13.8 Å². The first-order valence-electron chi connectivity index (χ1n) is 4.17. The van der Waals surface area contributed by atoms with Crippen LogP contribution in [0.25, 0.3) is 5.32 Å². The molecule has 3 nitrogen and oxygen atoms in total. The van der Waals surface area contributed by atoms with E-state index in [2.05, 4.69) is 19.2 Å². The monoisotopic (exact) mass is 428 g/mol. The summed E-state index contributed by atoms with van der Waals surface area (Å²) in [6.45, 7) is 5.58. The Hall–Kier alpha value is 0.962. The van der Waals surface area contributed by atoms with E-state index < -0.39 is 9.84 Å². The van der Waals surface area contributed by atoms with Crippen molar-refractivity contribution in [1.29, 1.82) is 0 Å². The van der Waals surface area contributed by atoms with Crippen LogP contribution in [0.2, 0.25) is 0 Å². The molecule has 1 aliphatic heterocycles. The molecule has 0 aromatic carbocycles. The summed E-state index contributed by atoms with van der Waals surface area (Å²) in [5, 5.41) is 4.11. The van der Waals surface area contributed by atoms with Crippen molar-refractivity contribution >= 4 is 9.84 Å². The minimum atomic E-state index is -2.85. The summed E-state index contributed by atoms with van der Waals surface area (Å²) in [5.74, 6) is 0.700. The number of sulfone groups is 1. The van der Waals surface area contributed by atoms with Crippen LogP contribution in [0.5, 0.6) is 0 Å². The Kier molecular flexibility index (Phi) is 5.00. The summed E-state index contributed by atoms with van der Waals surface area (Å²) < 4.78 is 22.2. The second kappa shape index (κ2) is 4.65. The zero-order valence-electron chi connectivity index (χ0n) is 8.37. The fourth-order valence-corrected chi connectivity index (χ4v) is 3.10. The van der Waals surface area contributed by atoms with Crippen LogP contribution in [0.3, 0.4) is 0 Å². The fourth-order valence-electron chi connectivity index (χ4n) is 1.54. The van der Waals surface area contributed by atoms with Crippen LogP contribution in [0.1, 0.15) is 13.8 Å². The largest absolute Gasteiger partial charge is 0.661 e. The summed E-state index contributed by atoms with van der Waals surface area (Å²) >= 11 is 0. The Balaban J connectivity index is 0.00000144. The van der Waals surface area contributed by atoms with Crippen molar-refractivity contribution < 1.29 is 39.5 Å². The molecule has 76 valence electrons. The molecule has 0 atom stereocenters. The van der Waals surface area contributed by atoms with Crippen LogP contribution in [0.4, 0.5) is 0 Å². The maximum absolute atomic E-state index is 11.1. The van der Waals surface area contributed by atoms with Crippen LogP contribution in [-0.2, 0) is 9.84 Å². The molecule has 0 saturated carbocycles. The van der Waals surface area contributed by atoms with Gasteiger partial charge in [0.2, 0.25) is 0 Å². The van der Waals surface area contributed by atoms with E-state index in [1.165, 1.54) is 6.26 Å². The maximum Gasteiger partial charge on any atom is 0.147 e. The molecule has 1 saturated heterocycles. The van der Waals surface area contributed by atoms with Gasteiger partial charge in [-0.3, -0.25) is 0 Å². The molecule has 0 spiro atoms. The smallest absolute Gasteiger partial charge is 0.147 e. The van der Waals surface area contributed by atoms with E-state index in [9.17, 15) is 8.42 Å². The molecule has 1 heterocycles. The summed E-state index contributed by atoms with van der Waals surface area (Å²) in [5.41, 5.74) is -0.0480. The van der Waals surface area contributed by atoms with Crippen LogP contribution in [0.15, 0.2) is 0 Å². The Morgan fingerprint density at radius 1 is 1.38 bits per heavy atom. The van der Waals surface area contributed by atoms with Crippen molar-refractivity contribution in [3.05, 3.63) is 5.32 Å². The molecule has 0 aromatic heterocycles. The molecule has 1 aliphatic rings. The number of hydrogen-bond acceptors (Lipinski definition) is 2. The molecule has 5 heteroatoms. The van der Waals surface area contributed by atoms with Crippen molar-refractivity contribution in [3.63, 3.8) is 0 Å². The van der Waals surface area contributed by atoms with Gasteiger partial charge in [-0.1, -0.05) is 19.3 Å². The van der Waals surface area contributed by atoms with Gasteiger partial charge in [-0.25, -0.2) is 8.42 Å². The minimum absolute atomic E-state index is 0. The van der Waals surface area contributed by atoms with Gasteiger partial charge in [-0.2, -0.15) is 0 Å². The Bertz CT molecular complexity index is 257. The Morgan fingerprint density at radius 3 is 1.92 bits per heavy atom. The van der Waals surface area contributed by atoms with E-state index in [0.717, 1.165) is 13.1 Å². The Labute approximate surface area is 104 Å². The Morgan fingerprint density at radius 2 is 1.85 bits per heavy atom. The third-order valence-corrected chi connectivity index (χ3v) is 3.73. The predicted octanol–water partition coefficient (Wildman–Crippen LogP) is 1.06. The van der Waals surface area contributed by atoms with Crippen LogP contribution < -0.4 is 0 Å². The van der Waals surface area contributed by atoms with E-state index >= 15 is 0 Å². The molecule has 0 amide bonds. The standard InChI is InChI=1S/C8H16NO2S.U/c1-7(2)8(4-9-5-8)6-12(3,10)11;/h7H,4-6H2,1-3H3;/q-1;. The van der Waals surface area contributed by atoms with E-state index in [1.54, 1.807) is 0 Å². The number of hydrogen-bond donors (Lipinski definition) is 0. The molecule has 13 heavy (non-hydrogen) atoms. The SMILES string of the molecule is CC(C)C1(CS(C)(=O)=O)C[N-]C1.[U]. The zero-order valence-corrected chi connectivity index (χ0v) is 13.4. The normalized spacial score (nSPS) is 20.6. The van der Waals surface area contributed by atoms with Crippen molar-refractivity contribution in [1.82, 2.24) is 0 Å². The van der Waals surface area contributed by atoms with Gasteiger partial charge < -0.3 is 5.32 Å². The van der Waals surface area contributed by atoms with Gasteiger partial charge in [-0.15, -0.1) is 13.1 Å². The van der Waals surface area contributed by atoms with Crippen molar-refractivity contribution in [2.75, 3.05) is 25.1 Å². The van der Waals surface area contributed by atoms with Crippen LogP contribution in [0, 0.1) is 42.4 Å². The molecule has 0 unspecified atom stereocenters. The molecule has 0 aromatic rings. The minimum Gasteiger partial charge on any atom is -0.661 e. The van der Waals surface area contributed by atoms with Crippen molar-refractivity contribution in [3.8, 4) is 0 Å². The maximum atomic E-state index is 11.1. The van der Waals surface area contributed by atoms with Gasteiger partial charge in [0.15, 0.2) is 0 Å². The van der Waals surface area contributed by atoms with E-state index in [4.69, 9.17) is 0 Å². The first kappa shape index (κ1) is 14.0. The number of rotatable bonds is 3. The molecular weight excluding hydrogens is 412 g/mol. The molecule has 0 bridgehead atoms. The van der Waals surface area contributed by atoms with Gasteiger partial charge in [0.25, 0.3) is 0 Å². The topological polar surface area (TPSA) is 48.2 Å². The van der Waals surface area contributed by atoms with Crippen LogP contribution in [-0.4, -0.2) is 33.5 Å². The second-order valence-corrected chi connectivity index (χ2v) is 6.27. The summed E-state index contributed by atoms with van der Waals surface area (Å²) in [6.07, 6.45) is 1.30. The van der Waals surface area contributed by atoms with E-state index in [-0.39, 0.29) is 36.5 Å². The van der Waals surface area contributed by atoms with Gasteiger partial charge in [0, 0.05) is 37.4 Å². The molecular formula is C8H16NO2SU-. The summed E-state index contributed by atoms with van der Waals surface area (Å²) in [7, 11) is -2.85. The summed E-state index contributed by atoms with van der Waals surface area (Å²) in [6, 6.07) is 0. The van der Waals surface area contributed by atoms with Crippen molar-refractivity contribution in [2.24, 2.45) is 11.3 Å². The third-order valence-electron chi connectivity index (χ3n) is 2.63.